The molecule has 1 aliphatic rings. The van der Waals surface area contributed by atoms with Crippen LogP contribution in [0.5, 0.6) is 0 Å². The molecule has 1 aromatic rings. The third-order valence-corrected chi connectivity index (χ3v) is 2.65. The number of anilines is 1. The van der Waals surface area contributed by atoms with Crippen molar-refractivity contribution in [3.63, 3.8) is 0 Å². The normalized spacial score (nSPS) is 19.6. The predicted octanol–water partition coefficient (Wildman–Crippen LogP) is 1.57. The second kappa shape index (κ2) is 2.50. The van der Waals surface area contributed by atoms with Crippen LogP contribution in [0.2, 0.25) is 0 Å². The van der Waals surface area contributed by atoms with E-state index in [-0.39, 0.29) is 23.6 Å². The van der Waals surface area contributed by atoms with E-state index in [2.05, 4.69) is 10.2 Å². The van der Waals surface area contributed by atoms with Crippen LogP contribution in [0, 0.1) is 4.77 Å². The van der Waals surface area contributed by atoms with Gasteiger partial charge in [-0.05, 0) is 25.1 Å². The fourth-order valence-electron chi connectivity index (χ4n) is 1.48. The van der Waals surface area contributed by atoms with Crippen LogP contribution in [0.15, 0.2) is 0 Å². The molecule has 1 aliphatic carbocycles. The quantitative estimate of drug-likeness (QED) is 0.712. The number of nitrogen functional groups attached to an aromatic ring is 1. The molecule has 0 radical (unpaired) electrons. The topological polar surface area (TPSA) is 59.6 Å². The zero-order valence-electron chi connectivity index (χ0n) is 6.93. The average molecular weight is 224 g/mol. The molecular weight excluding hydrogens is 217 g/mol. The van der Waals surface area contributed by atoms with Crippen LogP contribution in [-0.2, 0) is 5.54 Å². The highest BCUT2D eigenvalue weighted by Crippen LogP contribution is 2.56. The summed E-state index contributed by atoms with van der Waals surface area (Å²) in [5, 5.41) is 5.71. The van der Waals surface area contributed by atoms with Crippen molar-refractivity contribution in [2.75, 3.05) is 5.73 Å². The number of alkyl halides is 3. The van der Waals surface area contributed by atoms with Crippen LogP contribution in [0.3, 0.4) is 0 Å². The maximum Gasteiger partial charge on any atom is 0.412 e. The Bertz CT molecular complexity index is 413. The molecule has 8 heteroatoms. The summed E-state index contributed by atoms with van der Waals surface area (Å²) in [5.41, 5.74) is 3.40. The molecule has 0 aliphatic heterocycles. The van der Waals surface area contributed by atoms with Gasteiger partial charge in [0.2, 0.25) is 5.95 Å². The molecule has 1 fully saturated rings. The first-order valence-corrected chi connectivity index (χ1v) is 4.29. The van der Waals surface area contributed by atoms with Crippen LogP contribution >= 0.6 is 12.2 Å². The molecule has 0 atom stereocenters. The van der Waals surface area contributed by atoms with Gasteiger partial charge in [-0.1, -0.05) is 0 Å². The van der Waals surface area contributed by atoms with E-state index < -0.39 is 11.7 Å². The van der Waals surface area contributed by atoms with Gasteiger partial charge in [-0.25, -0.2) is 5.10 Å². The lowest BCUT2D eigenvalue weighted by atomic mass is 10.2. The molecule has 0 bridgehead atoms. The van der Waals surface area contributed by atoms with E-state index >= 15 is 0 Å². The minimum absolute atomic E-state index is 0.00847. The summed E-state index contributed by atoms with van der Waals surface area (Å²) < 4.78 is 38.7. The van der Waals surface area contributed by atoms with Crippen molar-refractivity contribution in [3.05, 3.63) is 4.77 Å². The Balaban J connectivity index is 2.56. The molecule has 0 spiro atoms. The van der Waals surface area contributed by atoms with Crippen LogP contribution in [-0.4, -0.2) is 20.9 Å². The van der Waals surface area contributed by atoms with Gasteiger partial charge in [0.1, 0.15) is 5.54 Å². The summed E-state index contributed by atoms with van der Waals surface area (Å²) in [5.74, 6) is -0.218. The standard InChI is InChI=1S/C6H7F3N4S/c7-6(8,9)5(1-2-5)13-3(10)11-12-4(13)14/h1-2H2,(H2,10,11)(H,12,14). The van der Waals surface area contributed by atoms with E-state index in [1.165, 1.54) is 0 Å². The van der Waals surface area contributed by atoms with Crippen LogP contribution in [0.4, 0.5) is 19.1 Å². The minimum atomic E-state index is -4.33. The monoisotopic (exact) mass is 224 g/mol. The molecule has 78 valence electrons. The van der Waals surface area contributed by atoms with Gasteiger partial charge in [0.25, 0.3) is 0 Å². The van der Waals surface area contributed by atoms with Gasteiger partial charge in [-0.2, -0.15) is 13.2 Å². The lowest BCUT2D eigenvalue weighted by Gasteiger charge is -2.20. The number of hydrogen-bond acceptors (Lipinski definition) is 3. The third kappa shape index (κ3) is 1.06. The number of aromatic amines is 1. The Labute approximate surface area is 81.9 Å². The number of rotatable bonds is 1. The predicted molar refractivity (Wildman–Crippen MR) is 45.1 cm³/mol. The smallest absolute Gasteiger partial charge is 0.368 e. The Morgan fingerprint density at radius 3 is 2.36 bits per heavy atom. The molecule has 1 aromatic heterocycles. The molecule has 14 heavy (non-hydrogen) atoms. The number of H-pyrrole nitrogens is 1. The van der Waals surface area contributed by atoms with E-state index in [1.807, 2.05) is 0 Å². The highest BCUT2D eigenvalue weighted by molar-refractivity contribution is 7.71. The third-order valence-electron chi connectivity index (χ3n) is 2.38. The van der Waals surface area contributed by atoms with Gasteiger partial charge in [-0.3, -0.25) is 4.57 Å². The molecule has 3 N–H and O–H groups in total. The minimum Gasteiger partial charge on any atom is -0.368 e. The van der Waals surface area contributed by atoms with Crippen molar-refractivity contribution >= 4 is 18.2 Å². The van der Waals surface area contributed by atoms with E-state index in [4.69, 9.17) is 18.0 Å². The van der Waals surface area contributed by atoms with Gasteiger partial charge in [-0.15, -0.1) is 5.10 Å². The van der Waals surface area contributed by atoms with Gasteiger partial charge < -0.3 is 5.73 Å². The fraction of sp³-hybridized carbons (Fsp3) is 0.667. The number of aromatic nitrogens is 3. The Kier molecular flexibility index (Phi) is 1.70. The average Bonchev–Trinajstić information content (AvgIpc) is 2.76. The van der Waals surface area contributed by atoms with E-state index in [0.29, 0.717) is 0 Å². The number of hydrogen-bond donors (Lipinski definition) is 2. The summed E-state index contributed by atoms with van der Waals surface area (Å²) in [4.78, 5) is 0. The highest BCUT2D eigenvalue weighted by Gasteiger charge is 2.66. The summed E-state index contributed by atoms with van der Waals surface area (Å²) in [6.45, 7) is 0. The molecular formula is C6H7F3N4S. The largest absolute Gasteiger partial charge is 0.412 e. The van der Waals surface area contributed by atoms with Crippen molar-refractivity contribution in [3.8, 4) is 0 Å². The van der Waals surface area contributed by atoms with Crippen LogP contribution in [0.25, 0.3) is 0 Å². The van der Waals surface area contributed by atoms with Gasteiger partial charge in [0.05, 0.1) is 0 Å². The zero-order chi connectivity index (χ0) is 10.6. The van der Waals surface area contributed by atoms with Crippen molar-refractivity contribution in [2.24, 2.45) is 0 Å². The Hall–Kier alpha value is -1.05. The van der Waals surface area contributed by atoms with Crippen molar-refractivity contribution < 1.29 is 13.2 Å². The van der Waals surface area contributed by atoms with E-state index in [0.717, 1.165) is 4.57 Å². The fourth-order valence-corrected chi connectivity index (χ4v) is 1.79. The number of nitrogens with one attached hydrogen (secondary N) is 1. The maximum atomic E-state index is 12.7. The SMILES string of the molecule is Nc1n[nH]c(=S)n1C1(C(F)(F)F)CC1. The van der Waals surface area contributed by atoms with Gasteiger partial charge in [0, 0.05) is 0 Å². The highest BCUT2D eigenvalue weighted by atomic mass is 32.1. The molecule has 0 unspecified atom stereocenters. The van der Waals surface area contributed by atoms with Gasteiger partial charge in [0.15, 0.2) is 4.77 Å². The number of nitrogens with zero attached hydrogens (tertiary/aromatic N) is 2. The second-order valence-corrected chi connectivity index (χ2v) is 3.64. The first-order chi connectivity index (χ1) is 6.38. The van der Waals surface area contributed by atoms with Crippen LogP contribution < -0.4 is 5.73 Å². The van der Waals surface area contributed by atoms with Gasteiger partial charge >= 0.3 is 6.18 Å². The molecule has 1 heterocycles. The lowest BCUT2D eigenvalue weighted by molar-refractivity contribution is -0.179. The molecule has 0 saturated heterocycles. The van der Waals surface area contributed by atoms with Crippen LogP contribution in [0.1, 0.15) is 12.8 Å². The van der Waals surface area contributed by atoms with Crippen molar-refractivity contribution in [2.45, 2.75) is 24.6 Å². The lowest BCUT2D eigenvalue weighted by Crippen LogP contribution is -2.35. The maximum absolute atomic E-state index is 12.7. The summed E-state index contributed by atoms with van der Waals surface area (Å²) >= 11 is 4.69. The zero-order valence-corrected chi connectivity index (χ0v) is 7.74. The second-order valence-electron chi connectivity index (χ2n) is 3.25. The van der Waals surface area contributed by atoms with Crippen molar-refractivity contribution in [1.29, 1.82) is 0 Å². The molecule has 0 amide bonds. The number of halogens is 3. The Morgan fingerprint density at radius 2 is 2.07 bits per heavy atom. The van der Waals surface area contributed by atoms with E-state index in [9.17, 15) is 13.2 Å². The molecule has 4 nitrogen and oxygen atoms in total. The molecule has 2 rings (SSSR count). The number of nitrogens with two attached hydrogens (primary N) is 1. The molecule has 0 aromatic carbocycles. The van der Waals surface area contributed by atoms with E-state index in [1.54, 1.807) is 0 Å². The summed E-state index contributed by atoms with van der Waals surface area (Å²) in [7, 11) is 0. The first kappa shape index (κ1) is 9.50. The summed E-state index contributed by atoms with van der Waals surface area (Å²) in [6, 6.07) is 0. The molecule has 1 saturated carbocycles. The summed E-state index contributed by atoms with van der Waals surface area (Å²) in [6.07, 6.45) is -4.31. The Morgan fingerprint density at radius 1 is 1.50 bits per heavy atom. The first-order valence-electron chi connectivity index (χ1n) is 3.88. The van der Waals surface area contributed by atoms with Crippen molar-refractivity contribution in [1.82, 2.24) is 14.8 Å².